The fourth-order valence-electron chi connectivity index (χ4n) is 6.30. The maximum absolute atomic E-state index is 11.1. The molecular formula is C25H24N2O2. The number of fused-ring (bicyclic) bond motifs is 4. The topological polar surface area (TPSA) is 46.4 Å². The summed E-state index contributed by atoms with van der Waals surface area (Å²) in [5.41, 5.74) is 7.12. The van der Waals surface area contributed by atoms with Gasteiger partial charge in [0.25, 0.3) is 5.69 Å². The number of rotatable bonds is 2. The second kappa shape index (κ2) is 6.06. The molecule has 0 fully saturated rings. The molecule has 5 atom stereocenters. The highest BCUT2D eigenvalue weighted by Gasteiger charge is 2.47. The van der Waals surface area contributed by atoms with Crippen molar-refractivity contribution in [3.8, 4) is 0 Å². The molecule has 146 valence electrons. The van der Waals surface area contributed by atoms with Crippen LogP contribution in [0.25, 0.3) is 0 Å². The molecule has 4 heteroatoms. The number of hydrogen-bond donors (Lipinski definition) is 0. The molecule has 0 amide bonds. The predicted molar refractivity (Wildman–Crippen MR) is 114 cm³/mol. The molecule has 2 aliphatic heterocycles. The Kier molecular flexibility index (Phi) is 3.55. The van der Waals surface area contributed by atoms with Gasteiger partial charge in [0.2, 0.25) is 0 Å². The Hall–Kier alpha value is -2.88. The van der Waals surface area contributed by atoms with Crippen molar-refractivity contribution in [2.75, 3.05) is 11.4 Å². The lowest BCUT2D eigenvalue weighted by Gasteiger charge is -2.51. The highest BCUT2D eigenvalue weighted by Crippen LogP contribution is 2.58. The van der Waals surface area contributed by atoms with Gasteiger partial charge in [-0.25, -0.2) is 0 Å². The zero-order valence-corrected chi connectivity index (χ0v) is 16.5. The molecule has 0 unspecified atom stereocenters. The lowest BCUT2D eigenvalue weighted by atomic mass is 9.70. The minimum Gasteiger partial charge on any atom is -0.363 e. The summed E-state index contributed by atoms with van der Waals surface area (Å²) < 4.78 is 0. The quantitative estimate of drug-likeness (QED) is 0.374. The number of anilines is 1. The Morgan fingerprint density at radius 2 is 1.69 bits per heavy atom. The van der Waals surface area contributed by atoms with Crippen LogP contribution < -0.4 is 4.90 Å². The highest BCUT2D eigenvalue weighted by molar-refractivity contribution is 5.70. The lowest BCUT2D eigenvalue weighted by molar-refractivity contribution is -0.384. The maximum atomic E-state index is 11.1. The van der Waals surface area contributed by atoms with E-state index in [-0.39, 0.29) is 16.7 Å². The van der Waals surface area contributed by atoms with Gasteiger partial charge in [-0.3, -0.25) is 10.1 Å². The maximum Gasteiger partial charge on any atom is 0.269 e. The van der Waals surface area contributed by atoms with E-state index in [1.54, 1.807) is 12.1 Å². The van der Waals surface area contributed by atoms with E-state index in [9.17, 15) is 10.1 Å². The smallest absolute Gasteiger partial charge is 0.269 e. The van der Waals surface area contributed by atoms with Crippen LogP contribution >= 0.6 is 0 Å². The second-order valence-corrected chi connectivity index (χ2v) is 9.04. The van der Waals surface area contributed by atoms with Gasteiger partial charge in [0, 0.05) is 36.2 Å². The van der Waals surface area contributed by atoms with Crippen molar-refractivity contribution in [2.24, 2.45) is 11.8 Å². The summed E-state index contributed by atoms with van der Waals surface area (Å²) >= 11 is 0. The normalized spacial score (nSPS) is 30.8. The average molecular weight is 384 g/mol. The molecule has 29 heavy (non-hydrogen) atoms. The molecule has 0 aromatic heterocycles. The molecule has 6 rings (SSSR count). The number of allylic oxidation sites excluding steroid dienone is 4. The third-order valence-corrected chi connectivity index (χ3v) is 7.44. The van der Waals surface area contributed by atoms with Gasteiger partial charge in [0.1, 0.15) is 0 Å². The van der Waals surface area contributed by atoms with E-state index in [2.05, 4.69) is 48.3 Å². The van der Waals surface area contributed by atoms with Gasteiger partial charge < -0.3 is 4.90 Å². The number of non-ortho nitro benzene ring substituents is 1. The molecule has 4 aliphatic rings. The van der Waals surface area contributed by atoms with E-state index in [4.69, 9.17) is 0 Å². The van der Waals surface area contributed by atoms with Gasteiger partial charge >= 0.3 is 0 Å². The highest BCUT2D eigenvalue weighted by atomic mass is 16.6. The Labute approximate surface area is 170 Å². The van der Waals surface area contributed by atoms with Gasteiger partial charge in [0.05, 0.1) is 11.0 Å². The monoisotopic (exact) mass is 384 g/mol. The molecule has 0 spiro atoms. The number of aryl methyl sites for hydroxylation is 1. The van der Waals surface area contributed by atoms with Gasteiger partial charge in [-0.1, -0.05) is 54.1 Å². The Balaban J connectivity index is 1.54. The van der Waals surface area contributed by atoms with Crippen molar-refractivity contribution in [2.45, 2.75) is 37.6 Å². The van der Waals surface area contributed by atoms with Crippen molar-refractivity contribution in [1.29, 1.82) is 0 Å². The van der Waals surface area contributed by atoms with E-state index in [0.717, 1.165) is 19.4 Å². The molecule has 4 nitrogen and oxygen atoms in total. The number of benzene rings is 2. The molecule has 0 N–H and O–H groups in total. The van der Waals surface area contributed by atoms with E-state index in [0.29, 0.717) is 23.7 Å². The van der Waals surface area contributed by atoms with Crippen LogP contribution in [0, 0.1) is 28.9 Å². The SMILES string of the molecule is Cc1cc2c3c(c1)[C@H]1C=CC[C@H]1[C@H](c1ccc([N+](=O)[O-])cc1)N3C[C@H]1CC=C[C@H]21. The molecule has 0 saturated heterocycles. The molecular weight excluding hydrogens is 360 g/mol. The third kappa shape index (κ3) is 2.38. The van der Waals surface area contributed by atoms with Crippen molar-refractivity contribution >= 4 is 11.4 Å². The number of hydrogen-bond acceptors (Lipinski definition) is 3. The molecule has 2 aromatic carbocycles. The number of nitro benzene ring substituents is 1. The summed E-state index contributed by atoms with van der Waals surface area (Å²) in [6.07, 6.45) is 11.7. The molecule has 0 saturated carbocycles. The van der Waals surface area contributed by atoms with Gasteiger partial charge in [-0.2, -0.15) is 0 Å². The molecule has 0 radical (unpaired) electrons. The first-order chi connectivity index (χ1) is 14.1. The van der Waals surface area contributed by atoms with E-state index in [1.807, 2.05) is 12.1 Å². The van der Waals surface area contributed by atoms with Crippen LogP contribution in [-0.4, -0.2) is 11.5 Å². The van der Waals surface area contributed by atoms with Gasteiger partial charge in [-0.05, 0) is 48.3 Å². The number of nitrogens with zero attached hydrogens (tertiary/aromatic N) is 2. The van der Waals surface area contributed by atoms with Crippen LogP contribution in [0.5, 0.6) is 0 Å². The van der Waals surface area contributed by atoms with Crippen LogP contribution in [-0.2, 0) is 0 Å². The van der Waals surface area contributed by atoms with Gasteiger partial charge in [0.15, 0.2) is 0 Å². The Morgan fingerprint density at radius 3 is 2.45 bits per heavy atom. The van der Waals surface area contributed by atoms with E-state index in [1.165, 1.54) is 27.9 Å². The van der Waals surface area contributed by atoms with Crippen molar-refractivity contribution in [3.05, 3.63) is 93.1 Å². The molecule has 2 aromatic rings. The Bertz CT molecular complexity index is 1050. The summed E-state index contributed by atoms with van der Waals surface area (Å²) in [6.45, 7) is 3.28. The van der Waals surface area contributed by atoms with Crippen LogP contribution in [0.4, 0.5) is 11.4 Å². The number of nitro groups is 1. The minimum atomic E-state index is -0.309. The molecule has 0 bridgehead atoms. The minimum absolute atomic E-state index is 0.168. The zero-order valence-electron chi connectivity index (χ0n) is 16.5. The molecule has 2 heterocycles. The second-order valence-electron chi connectivity index (χ2n) is 9.04. The van der Waals surface area contributed by atoms with Crippen molar-refractivity contribution in [3.63, 3.8) is 0 Å². The van der Waals surface area contributed by atoms with Crippen LogP contribution in [0.1, 0.15) is 53.0 Å². The predicted octanol–water partition coefficient (Wildman–Crippen LogP) is 5.80. The molecule has 2 aliphatic carbocycles. The lowest BCUT2D eigenvalue weighted by Crippen LogP contribution is -2.46. The zero-order chi connectivity index (χ0) is 19.7. The fourth-order valence-corrected chi connectivity index (χ4v) is 6.30. The summed E-state index contributed by atoms with van der Waals surface area (Å²) in [5.74, 6) is 2.08. The summed E-state index contributed by atoms with van der Waals surface area (Å²) in [7, 11) is 0. The first kappa shape index (κ1) is 17.0. The fraction of sp³-hybridized carbons (Fsp3) is 0.360. The van der Waals surface area contributed by atoms with E-state index >= 15 is 0 Å². The van der Waals surface area contributed by atoms with Crippen LogP contribution in [0.2, 0.25) is 0 Å². The van der Waals surface area contributed by atoms with Crippen LogP contribution in [0.15, 0.2) is 60.7 Å². The van der Waals surface area contributed by atoms with Gasteiger partial charge in [-0.15, -0.1) is 0 Å². The third-order valence-electron chi connectivity index (χ3n) is 7.44. The van der Waals surface area contributed by atoms with E-state index < -0.39 is 0 Å². The first-order valence-electron chi connectivity index (χ1n) is 10.6. The average Bonchev–Trinajstić information content (AvgIpc) is 3.37. The van der Waals surface area contributed by atoms with Crippen molar-refractivity contribution < 1.29 is 4.92 Å². The first-order valence-corrected chi connectivity index (χ1v) is 10.6. The largest absolute Gasteiger partial charge is 0.363 e. The van der Waals surface area contributed by atoms with Crippen LogP contribution in [0.3, 0.4) is 0 Å². The summed E-state index contributed by atoms with van der Waals surface area (Å²) in [6, 6.07) is 12.4. The van der Waals surface area contributed by atoms with Crippen molar-refractivity contribution in [1.82, 2.24) is 0 Å². The summed E-state index contributed by atoms with van der Waals surface area (Å²) in [4.78, 5) is 13.5. The summed E-state index contributed by atoms with van der Waals surface area (Å²) in [5, 5.41) is 11.1. The Morgan fingerprint density at radius 1 is 1.00 bits per heavy atom. The standard InChI is InChI=1S/C25H24N2O2/c1-15-12-22-19-5-2-4-17(19)14-26-24(16-8-10-18(11-9-16)27(28)29)21-7-3-6-20(21)23(13-15)25(22)26/h2-3,5-6,8-13,17,19-21,24H,4,7,14H2,1H3/t17-,19+,20+,21-,24+/m1/s1.